The third-order valence-electron chi connectivity index (χ3n) is 4.54. The third-order valence-corrected chi connectivity index (χ3v) is 4.54. The molecule has 7 nitrogen and oxygen atoms in total. The Balaban J connectivity index is 1.44. The van der Waals surface area contributed by atoms with Crippen LogP contribution < -0.4 is 15.1 Å². The minimum atomic E-state index is -0.245. The monoisotopic (exact) mass is 386 g/mol. The Morgan fingerprint density at radius 3 is 2.61 bits per heavy atom. The summed E-state index contributed by atoms with van der Waals surface area (Å²) < 4.78 is 18.1. The van der Waals surface area contributed by atoms with E-state index >= 15 is 0 Å². The maximum absolute atomic E-state index is 13.0. The van der Waals surface area contributed by atoms with Gasteiger partial charge in [0.15, 0.2) is 11.5 Å². The topological polar surface area (TPSA) is 77.4 Å². The van der Waals surface area contributed by atoms with Crippen molar-refractivity contribution in [2.75, 3.05) is 44.7 Å². The number of aromatic hydroxyl groups is 1. The van der Waals surface area contributed by atoms with Crippen LogP contribution in [0.4, 0.5) is 10.1 Å². The van der Waals surface area contributed by atoms with Crippen molar-refractivity contribution in [3.63, 3.8) is 0 Å². The number of phenols is 1. The van der Waals surface area contributed by atoms with Crippen molar-refractivity contribution in [2.24, 2.45) is 5.10 Å². The van der Waals surface area contributed by atoms with Gasteiger partial charge in [-0.15, -0.1) is 0 Å². The molecule has 148 valence electrons. The molecule has 2 aromatic carbocycles. The lowest BCUT2D eigenvalue weighted by atomic mass is 10.2. The van der Waals surface area contributed by atoms with E-state index in [-0.39, 0.29) is 24.0 Å². The van der Waals surface area contributed by atoms with E-state index < -0.39 is 0 Å². The zero-order chi connectivity index (χ0) is 19.9. The van der Waals surface area contributed by atoms with Crippen LogP contribution in [0.3, 0.4) is 0 Å². The number of nitrogens with one attached hydrogen (secondary N) is 1. The van der Waals surface area contributed by atoms with Gasteiger partial charge in [-0.25, -0.2) is 9.82 Å². The number of rotatable bonds is 6. The van der Waals surface area contributed by atoms with Crippen molar-refractivity contribution in [3.05, 3.63) is 53.8 Å². The van der Waals surface area contributed by atoms with Crippen LogP contribution in [0.1, 0.15) is 5.56 Å². The maximum Gasteiger partial charge on any atom is 0.254 e. The normalized spacial score (nSPS) is 15.0. The molecule has 2 N–H and O–H groups in total. The van der Waals surface area contributed by atoms with Crippen LogP contribution in [-0.4, -0.2) is 62.0 Å². The number of hydrogen-bond acceptors (Lipinski definition) is 6. The first-order valence-corrected chi connectivity index (χ1v) is 8.97. The molecule has 0 spiro atoms. The number of carbonyl (C=O) groups excluding carboxylic acids is 1. The second-order valence-corrected chi connectivity index (χ2v) is 6.46. The number of carbonyl (C=O) groups is 1. The van der Waals surface area contributed by atoms with E-state index in [4.69, 9.17) is 4.74 Å². The van der Waals surface area contributed by atoms with Crippen molar-refractivity contribution >= 4 is 17.8 Å². The predicted octanol–water partition coefficient (Wildman–Crippen LogP) is 1.81. The molecule has 0 aromatic heterocycles. The number of hydrazone groups is 1. The Hall–Kier alpha value is -3.13. The molecule has 8 heteroatoms. The predicted molar refractivity (Wildman–Crippen MR) is 105 cm³/mol. The molecule has 0 saturated carbocycles. The second kappa shape index (κ2) is 9.18. The fourth-order valence-corrected chi connectivity index (χ4v) is 3.01. The lowest BCUT2D eigenvalue weighted by molar-refractivity contribution is -0.122. The van der Waals surface area contributed by atoms with Crippen LogP contribution in [0.5, 0.6) is 11.5 Å². The fraction of sp³-hybridized carbons (Fsp3) is 0.300. The molecule has 28 heavy (non-hydrogen) atoms. The van der Waals surface area contributed by atoms with Crippen molar-refractivity contribution in [1.29, 1.82) is 0 Å². The third kappa shape index (κ3) is 5.20. The highest BCUT2D eigenvalue weighted by Crippen LogP contribution is 2.25. The number of ether oxygens (including phenoxy) is 1. The fourth-order valence-electron chi connectivity index (χ4n) is 3.01. The molecule has 0 radical (unpaired) electrons. The van der Waals surface area contributed by atoms with E-state index in [2.05, 4.69) is 20.3 Å². The lowest BCUT2D eigenvalue weighted by Crippen LogP contribution is -2.49. The highest BCUT2D eigenvalue weighted by Gasteiger charge is 2.19. The Bertz CT molecular complexity index is 834. The Morgan fingerprint density at radius 2 is 1.93 bits per heavy atom. The average molecular weight is 386 g/mol. The smallest absolute Gasteiger partial charge is 0.254 e. The molecule has 0 unspecified atom stereocenters. The first-order chi connectivity index (χ1) is 13.5. The summed E-state index contributed by atoms with van der Waals surface area (Å²) in [6.45, 7) is 3.28. The van der Waals surface area contributed by atoms with Gasteiger partial charge in [-0.2, -0.15) is 5.10 Å². The number of phenolic OH excluding ortho intramolecular Hbond substituents is 1. The van der Waals surface area contributed by atoms with Gasteiger partial charge in [-0.3, -0.25) is 9.69 Å². The molecule has 0 bridgehead atoms. The van der Waals surface area contributed by atoms with Gasteiger partial charge in [0.05, 0.1) is 19.9 Å². The molecule has 1 amide bonds. The molecule has 1 aliphatic heterocycles. The molecular formula is C20H23FN4O3. The summed E-state index contributed by atoms with van der Waals surface area (Å²) in [4.78, 5) is 16.3. The molecule has 3 rings (SSSR count). The number of anilines is 1. The van der Waals surface area contributed by atoms with Crippen LogP contribution in [0.2, 0.25) is 0 Å². The number of hydrogen-bond donors (Lipinski definition) is 2. The zero-order valence-corrected chi connectivity index (χ0v) is 15.6. The first kappa shape index (κ1) is 19.6. The van der Waals surface area contributed by atoms with Crippen LogP contribution in [-0.2, 0) is 4.79 Å². The maximum atomic E-state index is 13.0. The molecule has 0 atom stereocenters. The number of methoxy groups -OCH3 is 1. The van der Waals surface area contributed by atoms with Crippen LogP contribution in [0, 0.1) is 5.82 Å². The Kier molecular flexibility index (Phi) is 6.44. The van der Waals surface area contributed by atoms with Crippen LogP contribution in [0.15, 0.2) is 47.6 Å². The number of piperazine rings is 1. The van der Waals surface area contributed by atoms with Crippen LogP contribution in [0.25, 0.3) is 0 Å². The summed E-state index contributed by atoms with van der Waals surface area (Å²) >= 11 is 0. The summed E-state index contributed by atoms with van der Waals surface area (Å²) in [5.74, 6) is -0.0552. The molecular weight excluding hydrogens is 363 g/mol. The summed E-state index contributed by atoms with van der Waals surface area (Å²) in [5.41, 5.74) is 4.19. The molecule has 1 fully saturated rings. The van der Waals surface area contributed by atoms with Crippen LogP contribution >= 0.6 is 0 Å². The lowest BCUT2D eigenvalue weighted by Gasteiger charge is -2.35. The van der Waals surface area contributed by atoms with E-state index in [1.165, 1.54) is 31.5 Å². The van der Waals surface area contributed by atoms with Gasteiger partial charge < -0.3 is 14.7 Å². The highest BCUT2D eigenvalue weighted by molar-refractivity contribution is 5.83. The van der Waals surface area contributed by atoms with Gasteiger partial charge in [0.1, 0.15) is 5.82 Å². The quantitative estimate of drug-likeness (QED) is 0.585. The van der Waals surface area contributed by atoms with E-state index in [0.717, 1.165) is 31.9 Å². The van der Waals surface area contributed by atoms with Crippen molar-refractivity contribution in [3.8, 4) is 11.5 Å². The first-order valence-electron chi connectivity index (χ1n) is 8.97. The van der Waals surface area contributed by atoms with Gasteiger partial charge in [0.25, 0.3) is 5.91 Å². The molecule has 2 aromatic rings. The Morgan fingerprint density at radius 1 is 1.21 bits per heavy atom. The summed E-state index contributed by atoms with van der Waals surface area (Å²) in [7, 11) is 1.47. The SMILES string of the molecule is COc1cc(/C=N/NC(=O)CN2CCN(c3ccc(F)cc3)CC2)ccc1O. The summed E-state index contributed by atoms with van der Waals surface area (Å²) in [6.07, 6.45) is 1.49. The highest BCUT2D eigenvalue weighted by atomic mass is 19.1. The van der Waals surface area contributed by atoms with Crippen molar-refractivity contribution < 1.29 is 19.0 Å². The number of nitrogens with zero attached hydrogens (tertiary/aromatic N) is 3. The van der Waals surface area contributed by atoms with E-state index in [9.17, 15) is 14.3 Å². The summed E-state index contributed by atoms with van der Waals surface area (Å²) in [5, 5.41) is 13.5. The largest absolute Gasteiger partial charge is 0.504 e. The van der Waals surface area contributed by atoms with Gasteiger partial charge in [-0.05, 0) is 48.0 Å². The van der Waals surface area contributed by atoms with Crippen molar-refractivity contribution in [1.82, 2.24) is 10.3 Å². The molecule has 1 heterocycles. The average Bonchev–Trinajstić information content (AvgIpc) is 2.70. The zero-order valence-electron chi connectivity index (χ0n) is 15.6. The standard InChI is InChI=1S/C20H23FN4O3/c1-28-19-12-15(2-7-18(19)26)13-22-23-20(27)14-24-8-10-25(11-9-24)17-5-3-16(21)4-6-17/h2-7,12-13,26H,8-11,14H2,1H3,(H,23,27)/b22-13+. The minimum absolute atomic E-state index is 0.0449. The molecule has 0 aliphatic carbocycles. The van der Waals surface area contributed by atoms with Crippen molar-refractivity contribution in [2.45, 2.75) is 0 Å². The number of benzene rings is 2. The van der Waals surface area contributed by atoms with Gasteiger partial charge in [0.2, 0.25) is 0 Å². The summed E-state index contributed by atoms with van der Waals surface area (Å²) in [6, 6.07) is 11.2. The van der Waals surface area contributed by atoms with Gasteiger partial charge >= 0.3 is 0 Å². The second-order valence-electron chi connectivity index (χ2n) is 6.46. The minimum Gasteiger partial charge on any atom is -0.504 e. The van der Waals surface area contributed by atoms with E-state index in [1.807, 2.05) is 0 Å². The Labute approximate surface area is 163 Å². The number of amides is 1. The van der Waals surface area contributed by atoms with Gasteiger partial charge in [0, 0.05) is 31.9 Å². The van der Waals surface area contributed by atoms with E-state index in [1.54, 1.807) is 24.3 Å². The molecule has 1 saturated heterocycles. The molecule has 1 aliphatic rings. The van der Waals surface area contributed by atoms with Gasteiger partial charge in [-0.1, -0.05) is 0 Å². The van der Waals surface area contributed by atoms with E-state index in [0.29, 0.717) is 11.3 Å². The number of halogens is 1.